The zero-order valence-electron chi connectivity index (χ0n) is 8.15. The number of nitrogens with one attached hydrogen (secondary N) is 1. The van der Waals surface area contributed by atoms with E-state index in [-0.39, 0.29) is 1.43 Å². The van der Waals surface area contributed by atoms with Gasteiger partial charge in [-0.15, -0.1) is 0 Å². The second kappa shape index (κ2) is 4.27. The minimum atomic E-state index is 0. The Bertz CT molecular complexity index is 258. The van der Waals surface area contributed by atoms with Crippen molar-refractivity contribution in [3.05, 3.63) is 34.9 Å². The molecule has 0 fully saturated rings. The monoisotopic (exact) mass is 165 g/mol. The topological polar surface area (TPSA) is 12.0 Å². The summed E-state index contributed by atoms with van der Waals surface area (Å²) in [5, 5.41) is 3.15. The van der Waals surface area contributed by atoms with Crippen LogP contribution in [0.3, 0.4) is 0 Å². The maximum absolute atomic E-state index is 3.15. The highest BCUT2D eigenvalue weighted by atomic mass is 14.8. The van der Waals surface area contributed by atoms with E-state index in [1.54, 1.807) is 0 Å². The Balaban J connectivity index is 0.00000144. The van der Waals surface area contributed by atoms with Crippen molar-refractivity contribution in [1.82, 2.24) is 5.32 Å². The summed E-state index contributed by atoms with van der Waals surface area (Å²) in [5.74, 6) is 0. The maximum atomic E-state index is 3.15. The number of likely N-dealkylation sites (N-methyl/N-ethyl adjacent to an activating group) is 1. The zero-order valence-corrected chi connectivity index (χ0v) is 8.15. The number of aryl methyl sites for hydroxylation is 2. The van der Waals surface area contributed by atoms with Crippen molar-refractivity contribution >= 4 is 0 Å². The fraction of sp³-hybridized carbons (Fsp3) is 0.455. The highest BCUT2D eigenvalue weighted by Crippen LogP contribution is 2.09. The van der Waals surface area contributed by atoms with Gasteiger partial charge in [-0.05, 0) is 50.6 Å². The average Bonchev–Trinajstić information content (AvgIpc) is 2.07. The molecule has 1 N–H and O–H groups in total. The molecule has 0 heterocycles. The van der Waals surface area contributed by atoms with Crippen molar-refractivity contribution in [3.63, 3.8) is 0 Å². The van der Waals surface area contributed by atoms with Gasteiger partial charge in [0, 0.05) is 1.43 Å². The number of rotatable bonds is 3. The maximum Gasteiger partial charge on any atom is 0 e. The molecule has 1 aromatic rings. The first kappa shape index (κ1) is 9.27. The third-order valence-corrected chi connectivity index (χ3v) is 2.23. The van der Waals surface area contributed by atoms with E-state index in [9.17, 15) is 0 Å². The Morgan fingerprint density at radius 1 is 1.25 bits per heavy atom. The van der Waals surface area contributed by atoms with E-state index in [4.69, 9.17) is 0 Å². The predicted octanol–water partition coefficient (Wildman–Crippen LogP) is 2.31. The van der Waals surface area contributed by atoms with E-state index in [1.807, 2.05) is 7.05 Å². The van der Waals surface area contributed by atoms with Gasteiger partial charge >= 0.3 is 0 Å². The molecule has 0 unspecified atom stereocenters. The molecule has 68 valence electrons. The number of hydrogen-bond donors (Lipinski definition) is 1. The van der Waals surface area contributed by atoms with Crippen molar-refractivity contribution in [1.29, 1.82) is 0 Å². The summed E-state index contributed by atoms with van der Waals surface area (Å²) >= 11 is 0. The van der Waals surface area contributed by atoms with Gasteiger partial charge in [0.05, 0.1) is 0 Å². The van der Waals surface area contributed by atoms with Gasteiger partial charge < -0.3 is 5.32 Å². The molecule has 0 radical (unpaired) electrons. The van der Waals surface area contributed by atoms with Crippen molar-refractivity contribution < 1.29 is 1.43 Å². The number of benzene rings is 1. The molecule has 0 aliphatic heterocycles. The van der Waals surface area contributed by atoms with Gasteiger partial charge in [0.1, 0.15) is 0 Å². The largest absolute Gasteiger partial charge is 0.319 e. The predicted molar refractivity (Wildman–Crippen MR) is 55.7 cm³/mol. The molecule has 0 spiro atoms. The van der Waals surface area contributed by atoms with E-state index in [0.717, 1.165) is 13.0 Å². The van der Waals surface area contributed by atoms with Crippen LogP contribution in [0, 0.1) is 13.8 Å². The van der Waals surface area contributed by atoms with Crippen LogP contribution in [0.25, 0.3) is 0 Å². The molecule has 0 bridgehead atoms. The van der Waals surface area contributed by atoms with Crippen molar-refractivity contribution in [3.8, 4) is 0 Å². The standard InChI is InChI=1S/C11H17N.H2/c1-9-4-5-11(6-7-12-3)8-10(9)2;/h4-5,8,12H,6-7H2,1-3H3;1H. The molecule has 0 aromatic heterocycles. The quantitative estimate of drug-likeness (QED) is 0.724. The minimum Gasteiger partial charge on any atom is -0.319 e. The lowest BCUT2D eigenvalue weighted by Crippen LogP contribution is -2.10. The van der Waals surface area contributed by atoms with Crippen LogP contribution in [0.5, 0.6) is 0 Å². The Morgan fingerprint density at radius 3 is 2.58 bits per heavy atom. The van der Waals surface area contributed by atoms with E-state index in [0.29, 0.717) is 0 Å². The van der Waals surface area contributed by atoms with Crippen LogP contribution < -0.4 is 5.32 Å². The molecule has 0 aliphatic carbocycles. The zero-order chi connectivity index (χ0) is 8.97. The fourth-order valence-corrected chi connectivity index (χ4v) is 1.23. The SMILES string of the molecule is CNCCc1ccc(C)c(C)c1.[HH]. The molecule has 0 amide bonds. The Labute approximate surface area is 76.3 Å². The Hall–Kier alpha value is -0.820. The van der Waals surface area contributed by atoms with Crippen LogP contribution in [-0.4, -0.2) is 13.6 Å². The molecule has 1 nitrogen and oxygen atoms in total. The van der Waals surface area contributed by atoms with Gasteiger partial charge in [-0.25, -0.2) is 0 Å². The first-order chi connectivity index (χ1) is 5.74. The molecule has 0 saturated heterocycles. The summed E-state index contributed by atoms with van der Waals surface area (Å²) in [6.07, 6.45) is 1.12. The van der Waals surface area contributed by atoms with Crippen LogP contribution in [0.4, 0.5) is 0 Å². The van der Waals surface area contributed by atoms with Crippen molar-refractivity contribution in [2.45, 2.75) is 20.3 Å². The van der Waals surface area contributed by atoms with Crippen molar-refractivity contribution in [2.24, 2.45) is 0 Å². The third-order valence-electron chi connectivity index (χ3n) is 2.23. The highest BCUT2D eigenvalue weighted by Gasteiger charge is 1.94. The molecule has 12 heavy (non-hydrogen) atoms. The molecular weight excluding hydrogens is 146 g/mol. The third kappa shape index (κ3) is 2.35. The second-order valence-corrected chi connectivity index (χ2v) is 3.27. The lowest BCUT2D eigenvalue weighted by molar-refractivity contribution is 0.791. The lowest BCUT2D eigenvalue weighted by atomic mass is 10.0. The van der Waals surface area contributed by atoms with Crippen LogP contribution in [0.1, 0.15) is 18.1 Å². The van der Waals surface area contributed by atoms with Crippen LogP contribution >= 0.6 is 0 Å². The van der Waals surface area contributed by atoms with Gasteiger partial charge in [-0.1, -0.05) is 18.2 Å². The van der Waals surface area contributed by atoms with Gasteiger partial charge in [0.15, 0.2) is 0 Å². The molecular formula is C11H19N. The van der Waals surface area contributed by atoms with E-state index >= 15 is 0 Å². The van der Waals surface area contributed by atoms with Gasteiger partial charge in [0.25, 0.3) is 0 Å². The Morgan fingerprint density at radius 2 is 2.00 bits per heavy atom. The van der Waals surface area contributed by atoms with Crippen LogP contribution in [-0.2, 0) is 6.42 Å². The summed E-state index contributed by atoms with van der Waals surface area (Å²) < 4.78 is 0. The van der Waals surface area contributed by atoms with Crippen LogP contribution in [0.2, 0.25) is 0 Å². The smallest absolute Gasteiger partial charge is 0 e. The summed E-state index contributed by atoms with van der Waals surface area (Å²) in [4.78, 5) is 0. The normalized spacial score (nSPS) is 10.2. The minimum absolute atomic E-state index is 0. The molecule has 0 aliphatic rings. The van der Waals surface area contributed by atoms with Crippen molar-refractivity contribution in [2.75, 3.05) is 13.6 Å². The average molecular weight is 165 g/mol. The highest BCUT2D eigenvalue weighted by molar-refractivity contribution is 5.29. The second-order valence-electron chi connectivity index (χ2n) is 3.27. The van der Waals surface area contributed by atoms with Crippen LogP contribution in [0.15, 0.2) is 18.2 Å². The van der Waals surface area contributed by atoms with E-state index in [2.05, 4.69) is 37.4 Å². The van der Waals surface area contributed by atoms with Gasteiger partial charge in [0.2, 0.25) is 0 Å². The molecule has 0 saturated carbocycles. The molecule has 1 aromatic carbocycles. The Kier molecular flexibility index (Phi) is 3.30. The van der Waals surface area contributed by atoms with Gasteiger partial charge in [-0.2, -0.15) is 0 Å². The van der Waals surface area contributed by atoms with E-state index in [1.165, 1.54) is 16.7 Å². The summed E-state index contributed by atoms with van der Waals surface area (Å²) in [7, 11) is 1.99. The van der Waals surface area contributed by atoms with E-state index < -0.39 is 0 Å². The summed E-state index contributed by atoms with van der Waals surface area (Å²) in [6, 6.07) is 6.67. The van der Waals surface area contributed by atoms with Gasteiger partial charge in [-0.3, -0.25) is 0 Å². The number of hydrogen-bond acceptors (Lipinski definition) is 1. The summed E-state index contributed by atoms with van der Waals surface area (Å²) in [6.45, 7) is 5.37. The lowest BCUT2D eigenvalue weighted by Gasteiger charge is -2.04. The molecule has 1 rings (SSSR count). The first-order valence-electron chi connectivity index (χ1n) is 4.45. The molecule has 1 heteroatoms. The molecule has 0 atom stereocenters. The first-order valence-corrected chi connectivity index (χ1v) is 4.45. The fourth-order valence-electron chi connectivity index (χ4n) is 1.23. The summed E-state index contributed by atoms with van der Waals surface area (Å²) in [5.41, 5.74) is 4.19.